The molecule has 2 aromatic rings. The second-order valence-electron chi connectivity index (χ2n) is 5.21. The number of carbonyl (C=O) groups is 1. The van der Waals surface area contributed by atoms with Crippen LogP contribution in [0, 0.1) is 0 Å². The number of benzene rings is 2. The fourth-order valence-electron chi connectivity index (χ4n) is 2.27. The molecule has 0 aliphatic carbocycles. The third-order valence-corrected chi connectivity index (χ3v) is 4.06. The lowest BCUT2D eigenvalue weighted by Gasteiger charge is -2.15. The van der Waals surface area contributed by atoms with Crippen molar-refractivity contribution in [2.45, 2.75) is 32.6 Å². The lowest BCUT2D eigenvalue weighted by molar-refractivity contribution is -0.115. The Morgan fingerprint density at radius 2 is 1.81 bits per heavy atom. The van der Waals surface area contributed by atoms with E-state index in [-0.39, 0.29) is 12.3 Å². The summed E-state index contributed by atoms with van der Waals surface area (Å²) in [5.74, 6) is 0.376. The van der Waals surface area contributed by atoms with Crippen molar-refractivity contribution >= 4 is 23.2 Å². The van der Waals surface area contributed by atoms with Crippen LogP contribution in [0.4, 0.5) is 5.69 Å². The lowest BCUT2D eigenvalue weighted by atomic mass is 9.97. The molecule has 1 N–H and O–H groups in total. The summed E-state index contributed by atoms with van der Waals surface area (Å²) >= 11 is 6.10. The van der Waals surface area contributed by atoms with Crippen molar-refractivity contribution in [2.24, 2.45) is 0 Å². The van der Waals surface area contributed by atoms with Crippen molar-refractivity contribution < 1.29 is 4.79 Å². The van der Waals surface area contributed by atoms with E-state index < -0.39 is 0 Å². The lowest BCUT2D eigenvalue weighted by Crippen LogP contribution is -2.16. The van der Waals surface area contributed by atoms with Crippen LogP contribution in [0.3, 0.4) is 0 Å². The zero-order chi connectivity index (χ0) is 15.2. The summed E-state index contributed by atoms with van der Waals surface area (Å²) in [4.78, 5) is 12.2. The highest BCUT2D eigenvalue weighted by Crippen LogP contribution is 2.26. The van der Waals surface area contributed by atoms with Gasteiger partial charge in [0, 0.05) is 10.7 Å². The highest BCUT2D eigenvalue weighted by atomic mass is 35.5. The Labute approximate surface area is 131 Å². The van der Waals surface area contributed by atoms with Gasteiger partial charge in [0.05, 0.1) is 6.42 Å². The standard InChI is InChI=1S/C18H20ClNO/c1-3-13(2)15-9-5-7-11-17(15)20-18(21)12-14-8-4-6-10-16(14)19/h4-11,13H,3,12H2,1-2H3,(H,20,21)/t13-/m1/s1. The van der Waals surface area contributed by atoms with E-state index in [1.54, 1.807) is 6.07 Å². The number of para-hydroxylation sites is 1. The second-order valence-corrected chi connectivity index (χ2v) is 5.62. The number of nitrogens with one attached hydrogen (secondary N) is 1. The van der Waals surface area contributed by atoms with Gasteiger partial charge in [-0.15, -0.1) is 0 Å². The first kappa shape index (κ1) is 15.6. The molecule has 1 amide bonds. The van der Waals surface area contributed by atoms with Gasteiger partial charge in [-0.2, -0.15) is 0 Å². The molecule has 21 heavy (non-hydrogen) atoms. The smallest absolute Gasteiger partial charge is 0.228 e. The first-order chi connectivity index (χ1) is 10.1. The van der Waals surface area contributed by atoms with Crippen molar-refractivity contribution in [2.75, 3.05) is 5.32 Å². The highest BCUT2D eigenvalue weighted by Gasteiger charge is 2.12. The molecule has 0 bridgehead atoms. The zero-order valence-electron chi connectivity index (χ0n) is 12.4. The van der Waals surface area contributed by atoms with E-state index in [0.717, 1.165) is 17.7 Å². The Morgan fingerprint density at radius 3 is 2.52 bits per heavy atom. The minimum absolute atomic E-state index is 0.0427. The summed E-state index contributed by atoms with van der Waals surface area (Å²) in [7, 11) is 0. The molecular formula is C18H20ClNO. The predicted molar refractivity (Wildman–Crippen MR) is 88.9 cm³/mol. The number of hydrogen-bond acceptors (Lipinski definition) is 1. The van der Waals surface area contributed by atoms with Gasteiger partial charge in [-0.3, -0.25) is 4.79 Å². The van der Waals surface area contributed by atoms with Crippen molar-refractivity contribution in [1.29, 1.82) is 0 Å². The van der Waals surface area contributed by atoms with E-state index in [0.29, 0.717) is 10.9 Å². The molecule has 0 aromatic heterocycles. The quantitative estimate of drug-likeness (QED) is 0.824. The van der Waals surface area contributed by atoms with Crippen LogP contribution in [0.15, 0.2) is 48.5 Å². The van der Waals surface area contributed by atoms with E-state index >= 15 is 0 Å². The van der Waals surface area contributed by atoms with E-state index in [9.17, 15) is 4.79 Å². The summed E-state index contributed by atoms with van der Waals surface area (Å²) in [6, 6.07) is 15.4. The molecule has 0 aliphatic heterocycles. The van der Waals surface area contributed by atoms with Gasteiger partial charge < -0.3 is 5.32 Å². The van der Waals surface area contributed by atoms with Gasteiger partial charge in [-0.25, -0.2) is 0 Å². The van der Waals surface area contributed by atoms with Crippen molar-refractivity contribution in [3.63, 3.8) is 0 Å². The summed E-state index contributed by atoms with van der Waals surface area (Å²) in [5.41, 5.74) is 2.91. The zero-order valence-corrected chi connectivity index (χ0v) is 13.2. The fourth-order valence-corrected chi connectivity index (χ4v) is 2.47. The number of rotatable bonds is 5. The molecule has 0 spiro atoms. The third kappa shape index (κ3) is 4.08. The number of amides is 1. The molecule has 2 rings (SSSR count). The van der Waals surface area contributed by atoms with Crippen LogP contribution in [0.2, 0.25) is 5.02 Å². The summed E-state index contributed by atoms with van der Waals surface area (Å²) in [6.07, 6.45) is 1.33. The molecule has 0 saturated heterocycles. The van der Waals surface area contributed by atoms with Crippen LogP contribution >= 0.6 is 11.6 Å². The summed E-state index contributed by atoms with van der Waals surface area (Å²) < 4.78 is 0. The Balaban J connectivity index is 2.12. The number of hydrogen-bond donors (Lipinski definition) is 1. The first-order valence-electron chi connectivity index (χ1n) is 7.24. The molecule has 0 fully saturated rings. The van der Waals surface area contributed by atoms with Gasteiger partial charge in [-0.1, -0.05) is 61.8 Å². The minimum Gasteiger partial charge on any atom is -0.326 e. The Hall–Kier alpha value is -1.80. The molecule has 0 heterocycles. The van der Waals surface area contributed by atoms with Gasteiger partial charge in [0.2, 0.25) is 5.91 Å². The molecule has 0 radical (unpaired) electrons. The highest BCUT2D eigenvalue weighted by molar-refractivity contribution is 6.31. The van der Waals surface area contributed by atoms with Crippen LogP contribution < -0.4 is 5.32 Å². The molecule has 2 aromatic carbocycles. The van der Waals surface area contributed by atoms with Crippen LogP contribution in [0.1, 0.15) is 37.3 Å². The largest absolute Gasteiger partial charge is 0.326 e. The monoisotopic (exact) mass is 301 g/mol. The molecule has 1 atom stereocenters. The van der Waals surface area contributed by atoms with E-state index in [1.165, 1.54) is 5.56 Å². The number of halogens is 1. The van der Waals surface area contributed by atoms with Crippen molar-refractivity contribution in [3.8, 4) is 0 Å². The van der Waals surface area contributed by atoms with Crippen LogP contribution in [0.5, 0.6) is 0 Å². The number of carbonyl (C=O) groups excluding carboxylic acids is 1. The predicted octanol–water partition coefficient (Wildman–Crippen LogP) is 5.03. The van der Waals surface area contributed by atoms with E-state index in [2.05, 4.69) is 25.2 Å². The van der Waals surface area contributed by atoms with Crippen molar-refractivity contribution in [1.82, 2.24) is 0 Å². The van der Waals surface area contributed by atoms with Gasteiger partial charge in [-0.05, 0) is 35.6 Å². The van der Waals surface area contributed by atoms with Gasteiger partial charge in [0.1, 0.15) is 0 Å². The van der Waals surface area contributed by atoms with Crippen molar-refractivity contribution in [3.05, 3.63) is 64.7 Å². The number of anilines is 1. The van der Waals surface area contributed by atoms with Gasteiger partial charge >= 0.3 is 0 Å². The maximum absolute atomic E-state index is 12.2. The molecule has 110 valence electrons. The summed E-state index contributed by atoms with van der Waals surface area (Å²) in [5, 5.41) is 3.63. The fraction of sp³-hybridized carbons (Fsp3) is 0.278. The Morgan fingerprint density at radius 1 is 1.14 bits per heavy atom. The SMILES string of the molecule is CC[C@@H](C)c1ccccc1NC(=O)Cc1ccccc1Cl. The van der Waals surface area contributed by atoms with E-state index in [1.807, 2.05) is 36.4 Å². The normalized spacial score (nSPS) is 12.0. The van der Waals surface area contributed by atoms with Crippen LogP contribution in [-0.4, -0.2) is 5.91 Å². The van der Waals surface area contributed by atoms with Crippen LogP contribution in [-0.2, 0) is 11.2 Å². The third-order valence-electron chi connectivity index (χ3n) is 3.69. The maximum Gasteiger partial charge on any atom is 0.228 e. The molecule has 0 saturated carbocycles. The molecule has 2 nitrogen and oxygen atoms in total. The maximum atomic E-state index is 12.2. The first-order valence-corrected chi connectivity index (χ1v) is 7.61. The minimum atomic E-state index is -0.0427. The average molecular weight is 302 g/mol. The van der Waals surface area contributed by atoms with Gasteiger partial charge in [0.25, 0.3) is 0 Å². The second kappa shape index (κ2) is 7.28. The van der Waals surface area contributed by atoms with E-state index in [4.69, 9.17) is 11.6 Å². The van der Waals surface area contributed by atoms with Crippen LogP contribution in [0.25, 0.3) is 0 Å². The molecule has 3 heteroatoms. The molecule has 0 unspecified atom stereocenters. The topological polar surface area (TPSA) is 29.1 Å². The Kier molecular flexibility index (Phi) is 5.40. The molecular weight excluding hydrogens is 282 g/mol. The average Bonchev–Trinajstić information content (AvgIpc) is 2.49. The Bertz CT molecular complexity index is 624. The van der Waals surface area contributed by atoms with Gasteiger partial charge in [0.15, 0.2) is 0 Å². The summed E-state index contributed by atoms with van der Waals surface area (Å²) in [6.45, 7) is 4.31. The molecule has 0 aliphatic rings.